The first kappa shape index (κ1) is 20.0. The van der Waals surface area contributed by atoms with Gasteiger partial charge in [0.15, 0.2) is 0 Å². The van der Waals surface area contributed by atoms with Gasteiger partial charge in [0.1, 0.15) is 0 Å². The van der Waals surface area contributed by atoms with Gasteiger partial charge < -0.3 is 16.0 Å². The van der Waals surface area contributed by atoms with Crippen molar-refractivity contribution in [2.75, 3.05) is 20.1 Å². The van der Waals surface area contributed by atoms with E-state index < -0.39 is 0 Å². The number of halogens is 2. The fraction of sp³-hybridized carbons (Fsp3) is 0.938. The van der Waals surface area contributed by atoms with Crippen LogP contribution < -0.4 is 11.1 Å². The Balaban J connectivity index is 0.00000121. The van der Waals surface area contributed by atoms with Crippen molar-refractivity contribution < 1.29 is 4.79 Å². The molecule has 3 unspecified atom stereocenters. The average molecular weight is 352 g/mol. The average Bonchev–Trinajstić information content (AvgIpc) is 2.81. The zero-order chi connectivity index (χ0) is 14.1. The third kappa shape index (κ3) is 4.28. The maximum Gasteiger partial charge on any atom is 0.223 e. The van der Waals surface area contributed by atoms with Gasteiger partial charge in [-0.15, -0.1) is 24.8 Å². The summed E-state index contributed by atoms with van der Waals surface area (Å²) in [5, 5.41) is 3.21. The van der Waals surface area contributed by atoms with Crippen molar-refractivity contribution in [3.8, 4) is 0 Å². The number of rotatable bonds is 3. The summed E-state index contributed by atoms with van der Waals surface area (Å²) >= 11 is 0. The van der Waals surface area contributed by atoms with Gasteiger partial charge in [0.25, 0.3) is 0 Å². The highest BCUT2D eigenvalue weighted by Gasteiger charge is 2.40. The van der Waals surface area contributed by atoms with Crippen LogP contribution in [0, 0.1) is 17.8 Å². The number of nitrogens with one attached hydrogen (secondary N) is 1. The molecule has 22 heavy (non-hydrogen) atoms. The molecule has 0 aromatic heterocycles. The van der Waals surface area contributed by atoms with Crippen LogP contribution in [0.25, 0.3) is 0 Å². The van der Waals surface area contributed by atoms with Crippen LogP contribution in [0.15, 0.2) is 0 Å². The van der Waals surface area contributed by atoms with Crippen LogP contribution in [0.2, 0.25) is 0 Å². The molecule has 3 aliphatic rings. The standard InChI is InChI=1S/C16H29N3O.2ClH/c1-19-7-3-6-14(19)10-18-16(20)13-8-11-4-2-5-12(9-13)15(11)17;;/h11-15H,2-10,17H2,1H3,(H,18,20);2*1H. The molecule has 0 radical (unpaired) electrons. The van der Waals surface area contributed by atoms with Crippen LogP contribution in [-0.4, -0.2) is 43.0 Å². The second-order valence-electron chi connectivity index (χ2n) is 7.22. The van der Waals surface area contributed by atoms with E-state index >= 15 is 0 Å². The lowest BCUT2D eigenvalue weighted by atomic mass is 9.65. The van der Waals surface area contributed by atoms with E-state index in [4.69, 9.17) is 5.73 Å². The van der Waals surface area contributed by atoms with Crippen molar-refractivity contribution in [2.45, 2.75) is 57.0 Å². The second-order valence-corrected chi connectivity index (χ2v) is 7.22. The SMILES string of the molecule is CN1CCCC1CNC(=O)C1CC2CCCC(C1)C2N.Cl.Cl. The van der Waals surface area contributed by atoms with Crippen molar-refractivity contribution in [2.24, 2.45) is 23.5 Å². The first-order valence-corrected chi connectivity index (χ1v) is 8.38. The minimum Gasteiger partial charge on any atom is -0.354 e. The molecule has 1 saturated heterocycles. The van der Waals surface area contributed by atoms with Gasteiger partial charge in [-0.05, 0) is 64.0 Å². The molecular weight excluding hydrogens is 321 g/mol. The molecule has 0 aromatic carbocycles. The Morgan fingerprint density at radius 2 is 1.77 bits per heavy atom. The number of nitrogens with two attached hydrogens (primary N) is 1. The molecule has 0 aromatic rings. The van der Waals surface area contributed by atoms with E-state index in [2.05, 4.69) is 17.3 Å². The third-order valence-corrected chi connectivity index (χ3v) is 5.97. The van der Waals surface area contributed by atoms with Crippen molar-refractivity contribution in [1.82, 2.24) is 10.2 Å². The van der Waals surface area contributed by atoms with E-state index in [0.29, 0.717) is 23.9 Å². The third-order valence-electron chi connectivity index (χ3n) is 5.97. The summed E-state index contributed by atoms with van der Waals surface area (Å²) in [6.07, 6.45) is 8.29. The molecule has 3 fully saturated rings. The number of nitrogens with zero attached hydrogens (tertiary/aromatic N) is 1. The molecule has 3 N–H and O–H groups in total. The van der Waals surface area contributed by atoms with Crippen molar-refractivity contribution in [3.05, 3.63) is 0 Å². The van der Waals surface area contributed by atoms with Gasteiger partial charge in [0, 0.05) is 24.5 Å². The molecule has 6 heteroatoms. The molecular formula is C16H31Cl2N3O. The zero-order valence-electron chi connectivity index (χ0n) is 13.5. The molecule has 1 amide bonds. The molecule has 2 saturated carbocycles. The molecule has 0 spiro atoms. The van der Waals surface area contributed by atoms with Gasteiger partial charge in [-0.25, -0.2) is 0 Å². The molecule has 4 nitrogen and oxygen atoms in total. The number of amides is 1. The predicted molar refractivity (Wildman–Crippen MR) is 94.7 cm³/mol. The molecule has 1 aliphatic heterocycles. The van der Waals surface area contributed by atoms with E-state index in [1.165, 1.54) is 38.6 Å². The minimum absolute atomic E-state index is 0. The molecule has 2 aliphatic carbocycles. The second kappa shape index (κ2) is 8.72. The number of fused-ring (bicyclic) bond motifs is 2. The summed E-state index contributed by atoms with van der Waals surface area (Å²) in [5.74, 6) is 1.69. The Labute approximate surface area is 146 Å². The number of hydrogen-bond donors (Lipinski definition) is 2. The molecule has 3 rings (SSSR count). The fourth-order valence-electron chi connectivity index (χ4n) is 4.60. The van der Waals surface area contributed by atoms with Gasteiger partial charge in [-0.1, -0.05) is 6.42 Å². The first-order valence-electron chi connectivity index (χ1n) is 8.38. The summed E-state index contributed by atoms with van der Waals surface area (Å²) in [6.45, 7) is 2.00. The molecule has 130 valence electrons. The Kier molecular flexibility index (Phi) is 7.93. The summed E-state index contributed by atoms with van der Waals surface area (Å²) < 4.78 is 0. The van der Waals surface area contributed by atoms with E-state index in [1.54, 1.807) is 0 Å². The molecule has 3 atom stereocenters. The zero-order valence-corrected chi connectivity index (χ0v) is 15.1. The fourth-order valence-corrected chi connectivity index (χ4v) is 4.60. The number of carbonyl (C=O) groups is 1. The van der Waals surface area contributed by atoms with Crippen LogP contribution in [0.5, 0.6) is 0 Å². The van der Waals surface area contributed by atoms with E-state index in [0.717, 1.165) is 19.4 Å². The van der Waals surface area contributed by atoms with Crippen LogP contribution in [0.1, 0.15) is 44.9 Å². The van der Waals surface area contributed by atoms with Crippen LogP contribution >= 0.6 is 24.8 Å². The smallest absolute Gasteiger partial charge is 0.223 e. The van der Waals surface area contributed by atoms with Gasteiger partial charge in [-0.3, -0.25) is 4.79 Å². The Morgan fingerprint density at radius 3 is 2.32 bits per heavy atom. The van der Waals surface area contributed by atoms with Crippen LogP contribution in [0.4, 0.5) is 0 Å². The maximum atomic E-state index is 12.4. The van der Waals surface area contributed by atoms with Crippen molar-refractivity contribution >= 4 is 30.7 Å². The lowest BCUT2D eigenvalue weighted by Gasteiger charge is -2.43. The van der Waals surface area contributed by atoms with E-state index in [1.807, 2.05) is 0 Å². The largest absolute Gasteiger partial charge is 0.354 e. The van der Waals surface area contributed by atoms with Gasteiger partial charge in [-0.2, -0.15) is 0 Å². The normalized spacial score (nSPS) is 37.8. The Bertz CT molecular complexity index is 355. The van der Waals surface area contributed by atoms with Crippen LogP contribution in [-0.2, 0) is 4.79 Å². The van der Waals surface area contributed by atoms with Gasteiger partial charge in [0.05, 0.1) is 0 Å². The van der Waals surface area contributed by atoms with E-state index in [-0.39, 0.29) is 36.6 Å². The summed E-state index contributed by atoms with van der Waals surface area (Å²) in [5.41, 5.74) is 6.30. The topological polar surface area (TPSA) is 58.4 Å². The van der Waals surface area contributed by atoms with Crippen molar-refractivity contribution in [1.29, 1.82) is 0 Å². The quantitative estimate of drug-likeness (QED) is 0.819. The number of carbonyl (C=O) groups excluding carboxylic acids is 1. The maximum absolute atomic E-state index is 12.4. The summed E-state index contributed by atoms with van der Waals surface area (Å²) in [7, 11) is 2.16. The summed E-state index contributed by atoms with van der Waals surface area (Å²) in [4.78, 5) is 14.8. The van der Waals surface area contributed by atoms with Crippen molar-refractivity contribution in [3.63, 3.8) is 0 Å². The monoisotopic (exact) mass is 351 g/mol. The lowest BCUT2D eigenvalue weighted by molar-refractivity contribution is -0.128. The van der Waals surface area contributed by atoms with Gasteiger partial charge in [0.2, 0.25) is 5.91 Å². The minimum atomic E-state index is 0. The summed E-state index contributed by atoms with van der Waals surface area (Å²) in [6, 6.07) is 0.901. The Morgan fingerprint density at radius 1 is 1.14 bits per heavy atom. The number of hydrogen-bond acceptors (Lipinski definition) is 3. The molecule has 2 bridgehead atoms. The number of likely N-dealkylation sites (N-methyl/N-ethyl adjacent to an activating group) is 1. The first-order chi connectivity index (χ1) is 9.65. The number of likely N-dealkylation sites (tertiary alicyclic amines) is 1. The van der Waals surface area contributed by atoms with Crippen LogP contribution in [0.3, 0.4) is 0 Å². The highest BCUT2D eigenvalue weighted by atomic mass is 35.5. The highest BCUT2D eigenvalue weighted by molar-refractivity contribution is 5.85. The lowest BCUT2D eigenvalue weighted by Crippen LogP contribution is -2.50. The highest BCUT2D eigenvalue weighted by Crippen LogP contribution is 2.41. The molecule has 1 heterocycles. The van der Waals surface area contributed by atoms with Gasteiger partial charge >= 0.3 is 0 Å². The Hall–Kier alpha value is -0.0300. The van der Waals surface area contributed by atoms with E-state index in [9.17, 15) is 4.79 Å². The predicted octanol–water partition coefficient (Wildman–Crippen LogP) is 2.19.